The molecule has 2 aromatic carbocycles. The molecule has 1 fully saturated rings. The van der Waals surface area contributed by atoms with Gasteiger partial charge in [0, 0.05) is 12.0 Å². The summed E-state index contributed by atoms with van der Waals surface area (Å²) in [6.07, 6.45) is 3.32. The van der Waals surface area contributed by atoms with Crippen molar-refractivity contribution in [1.82, 2.24) is 0 Å². The largest absolute Gasteiger partial charge is 0.481 e. The lowest BCUT2D eigenvalue weighted by atomic mass is 9.78. The van der Waals surface area contributed by atoms with Gasteiger partial charge in [0.15, 0.2) is 0 Å². The summed E-state index contributed by atoms with van der Waals surface area (Å²) in [6.45, 7) is 7.33. The molecular weight excluding hydrogens is 418 g/mol. The first kappa shape index (κ1) is 24.1. The first-order valence-corrected chi connectivity index (χ1v) is 11.0. The van der Waals surface area contributed by atoms with Crippen LogP contribution in [0.1, 0.15) is 45.6 Å². The van der Waals surface area contributed by atoms with E-state index < -0.39 is 34.6 Å². The quantitative estimate of drug-likeness (QED) is 0.391. The molecule has 172 valence electrons. The monoisotopic (exact) mass is 447 g/mol. The molecule has 33 heavy (non-hydrogen) atoms. The summed E-state index contributed by atoms with van der Waals surface area (Å²) >= 11 is 0. The van der Waals surface area contributed by atoms with Crippen LogP contribution in [0, 0.1) is 28.1 Å². The lowest BCUT2D eigenvalue weighted by molar-refractivity contribution is -0.146. The standard InChI is InChI=1S/C27H29NO5/c1-5-18(2)32-24(29)15-14-23-26(3,4)27(23,25(30)31)22(17-28)19-10-9-13-21(16-19)33-20-11-7-6-8-12-20/h6-16,18,22-23H,5H2,1-4H3,(H,30,31)/t18-,22?,23-,27+/m0/s1. The van der Waals surface area contributed by atoms with Crippen molar-refractivity contribution in [2.24, 2.45) is 16.7 Å². The minimum Gasteiger partial charge on any atom is -0.481 e. The maximum absolute atomic E-state index is 12.6. The zero-order valence-corrected chi connectivity index (χ0v) is 19.3. The average molecular weight is 448 g/mol. The first-order chi connectivity index (χ1) is 15.7. The van der Waals surface area contributed by atoms with E-state index in [0.29, 0.717) is 23.5 Å². The van der Waals surface area contributed by atoms with Crippen molar-refractivity contribution in [2.45, 2.75) is 46.1 Å². The Labute approximate surface area is 194 Å². The van der Waals surface area contributed by atoms with Crippen molar-refractivity contribution in [3.05, 3.63) is 72.3 Å². The normalized spacial score (nSPS) is 22.7. The van der Waals surface area contributed by atoms with Gasteiger partial charge in [-0.05, 0) is 48.6 Å². The topological polar surface area (TPSA) is 96.6 Å². The second-order valence-corrected chi connectivity index (χ2v) is 8.94. The van der Waals surface area contributed by atoms with E-state index in [1.54, 1.807) is 37.3 Å². The fourth-order valence-electron chi connectivity index (χ4n) is 4.63. The first-order valence-electron chi connectivity index (χ1n) is 11.0. The highest BCUT2D eigenvalue weighted by Gasteiger charge is 2.78. The number of carbonyl (C=O) groups excluding carboxylic acids is 1. The number of benzene rings is 2. The molecule has 0 amide bonds. The Kier molecular flexibility index (Phi) is 6.92. The Bertz CT molecular complexity index is 1090. The number of esters is 1. The van der Waals surface area contributed by atoms with Gasteiger partial charge >= 0.3 is 11.9 Å². The molecule has 2 aromatic rings. The molecule has 3 rings (SSSR count). The number of ether oxygens (including phenoxy) is 2. The molecule has 0 aromatic heterocycles. The van der Waals surface area contributed by atoms with Crippen molar-refractivity contribution in [3.63, 3.8) is 0 Å². The summed E-state index contributed by atoms with van der Waals surface area (Å²) in [5, 5.41) is 20.4. The SMILES string of the molecule is CC[C@H](C)OC(=O)C=C[C@H]1C(C)(C)[C@]1(C(=O)O)C(C#N)c1cccc(Oc2ccccc2)c1. The number of aliphatic carboxylic acids is 1. The van der Waals surface area contributed by atoms with Gasteiger partial charge in [-0.25, -0.2) is 4.79 Å². The summed E-state index contributed by atoms with van der Waals surface area (Å²) in [5.41, 5.74) is -1.58. The van der Waals surface area contributed by atoms with Gasteiger partial charge in [-0.3, -0.25) is 4.79 Å². The van der Waals surface area contributed by atoms with Crippen molar-refractivity contribution < 1.29 is 24.2 Å². The highest BCUT2D eigenvalue weighted by atomic mass is 16.5. The predicted octanol–water partition coefficient (Wildman–Crippen LogP) is 5.71. The third-order valence-corrected chi connectivity index (χ3v) is 6.68. The van der Waals surface area contributed by atoms with Crippen molar-refractivity contribution in [3.8, 4) is 17.6 Å². The van der Waals surface area contributed by atoms with Gasteiger partial charge < -0.3 is 14.6 Å². The molecule has 0 aliphatic heterocycles. The summed E-state index contributed by atoms with van der Waals surface area (Å²) in [5.74, 6) is -1.89. The molecule has 0 saturated heterocycles. The van der Waals surface area contributed by atoms with Gasteiger partial charge in [-0.15, -0.1) is 0 Å². The van der Waals surface area contributed by atoms with E-state index in [0.717, 1.165) is 0 Å². The Morgan fingerprint density at radius 1 is 1.15 bits per heavy atom. The Morgan fingerprint density at radius 3 is 2.42 bits per heavy atom. The van der Waals surface area contributed by atoms with E-state index >= 15 is 0 Å². The van der Waals surface area contributed by atoms with E-state index in [1.165, 1.54) is 6.08 Å². The highest BCUT2D eigenvalue weighted by Crippen LogP contribution is 2.75. The van der Waals surface area contributed by atoms with Crippen LogP contribution in [0.4, 0.5) is 0 Å². The van der Waals surface area contributed by atoms with E-state index in [1.807, 2.05) is 51.1 Å². The maximum Gasteiger partial charge on any atom is 0.330 e. The van der Waals surface area contributed by atoms with Gasteiger partial charge in [0.25, 0.3) is 0 Å². The molecule has 0 heterocycles. The number of carboxylic acid groups (broad SMARTS) is 1. The average Bonchev–Trinajstić information content (AvgIpc) is 3.29. The van der Waals surface area contributed by atoms with Crippen LogP contribution in [-0.4, -0.2) is 23.1 Å². The zero-order chi connectivity index (χ0) is 24.2. The van der Waals surface area contributed by atoms with Gasteiger partial charge in [-0.1, -0.05) is 57.2 Å². The van der Waals surface area contributed by atoms with Crippen molar-refractivity contribution >= 4 is 11.9 Å². The molecule has 6 heteroatoms. The van der Waals surface area contributed by atoms with Crippen LogP contribution in [0.3, 0.4) is 0 Å². The number of allylic oxidation sites excluding steroid dienone is 1. The van der Waals surface area contributed by atoms with Crippen LogP contribution in [0.15, 0.2) is 66.7 Å². The van der Waals surface area contributed by atoms with Gasteiger partial charge in [-0.2, -0.15) is 5.26 Å². The van der Waals surface area contributed by atoms with Crippen LogP contribution in [0.2, 0.25) is 0 Å². The molecule has 0 spiro atoms. The lowest BCUT2D eigenvalue weighted by Gasteiger charge is -2.22. The molecule has 1 N–H and O–H groups in total. The summed E-state index contributed by atoms with van der Waals surface area (Å²) < 4.78 is 11.1. The summed E-state index contributed by atoms with van der Waals surface area (Å²) in [4.78, 5) is 24.7. The van der Waals surface area contributed by atoms with E-state index in [9.17, 15) is 20.0 Å². The molecule has 4 atom stereocenters. The maximum atomic E-state index is 12.6. The third kappa shape index (κ3) is 4.49. The molecule has 1 aliphatic carbocycles. The number of hydrogen-bond acceptors (Lipinski definition) is 5. The van der Waals surface area contributed by atoms with Crippen LogP contribution in [-0.2, 0) is 14.3 Å². The minimum atomic E-state index is -1.39. The fraction of sp³-hybridized carbons (Fsp3) is 0.370. The van der Waals surface area contributed by atoms with E-state index in [2.05, 4.69) is 6.07 Å². The zero-order valence-electron chi connectivity index (χ0n) is 19.3. The van der Waals surface area contributed by atoms with Gasteiger partial charge in [0.1, 0.15) is 16.9 Å². The van der Waals surface area contributed by atoms with Gasteiger partial charge in [0.2, 0.25) is 0 Å². The highest BCUT2D eigenvalue weighted by molar-refractivity contribution is 5.86. The Morgan fingerprint density at radius 2 is 1.82 bits per heavy atom. The van der Waals surface area contributed by atoms with Crippen LogP contribution >= 0.6 is 0 Å². The molecule has 1 aliphatic rings. The molecule has 0 radical (unpaired) electrons. The predicted molar refractivity (Wildman–Crippen MR) is 124 cm³/mol. The Hall–Kier alpha value is -3.59. The number of rotatable bonds is 9. The molecule has 1 saturated carbocycles. The van der Waals surface area contributed by atoms with Crippen molar-refractivity contribution in [1.29, 1.82) is 5.26 Å². The van der Waals surface area contributed by atoms with E-state index in [-0.39, 0.29) is 6.10 Å². The minimum absolute atomic E-state index is 0.224. The smallest absolute Gasteiger partial charge is 0.330 e. The number of para-hydroxylation sites is 1. The number of carboxylic acids is 1. The third-order valence-electron chi connectivity index (χ3n) is 6.68. The second-order valence-electron chi connectivity index (χ2n) is 8.94. The van der Waals surface area contributed by atoms with Crippen LogP contribution < -0.4 is 4.74 Å². The number of nitriles is 1. The number of hydrogen-bond donors (Lipinski definition) is 1. The molecular formula is C27H29NO5. The molecule has 6 nitrogen and oxygen atoms in total. The van der Waals surface area contributed by atoms with Crippen LogP contribution in [0.25, 0.3) is 0 Å². The molecule has 1 unspecified atom stereocenters. The fourth-order valence-corrected chi connectivity index (χ4v) is 4.63. The van der Waals surface area contributed by atoms with Crippen LogP contribution in [0.5, 0.6) is 11.5 Å². The second kappa shape index (κ2) is 9.50. The van der Waals surface area contributed by atoms with E-state index in [4.69, 9.17) is 9.47 Å². The Balaban J connectivity index is 1.92. The van der Waals surface area contributed by atoms with Gasteiger partial charge in [0.05, 0.1) is 18.1 Å². The lowest BCUT2D eigenvalue weighted by Crippen LogP contribution is -2.28. The number of nitrogens with zero attached hydrogens (tertiary/aromatic N) is 1. The summed E-state index contributed by atoms with van der Waals surface area (Å²) in [7, 11) is 0. The summed E-state index contributed by atoms with van der Waals surface area (Å²) in [6, 6.07) is 18.4. The molecule has 0 bridgehead atoms. The van der Waals surface area contributed by atoms with Crippen molar-refractivity contribution in [2.75, 3.05) is 0 Å². The number of carbonyl (C=O) groups is 2.